The van der Waals surface area contributed by atoms with Crippen LogP contribution in [0.1, 0.15) is 24.0 Å². The van der Waals surface area contributed by atoms with E-state index in [2.05, 4.69) is 4.98 Å². The largest absolute Gasteiger partial charge is 0.302 e. The van der Waals surface area contributed by atoms with Crippen LogP contribution in [-0.2, 0) is 11.2 Å². The van der Waals surface area contributed by atoms with Gasteiger partial charge in [-0.25, -0.2) is 0 Å². The normalized spacial score (nSPS) is 10.7. The molecule has 0 aliphatic rings. The van der Waals surface area contributed by atoms with Crippen molar-refractivity contribution >= 4 is 5.78 Å². The maximum atomic E-state index is 12.5. The molecule has 4 heteroatoms. The second-order valence-electron chi connectivity index (χ2n) is 6.17. The van der Waals surface area contributed by atoms with Crippen LogP contribution in [0.2, 0.25) is 0 Å². The number of nitrogens with zero attached hydrogens (tertiary/aromatic N) is 2. The molecule has 0 amide bonds. The van der Waals surface area contributed by atoms with Gasteiger partial charge in [-0.2, -0.15) is 4.98 Å². The number of carbonyl (C=O) groups is 1. The molecule has 0 aliphatic heterocycles. The van der Waals surface area contributed by atoms with Gasteiger partial charge in [0.1, 0.15) is 11.6 Å². The fourth-order valence-corrected chi connectivity index (χ4v) is 3.13. The van der Waals surface area contributed by atoms with Crippen molar-refractivity contribution in [2.45, 2.75) is 27.2 Å². The van der Waals surface area contributed by atoms with Crippen molar-refractivity contribution in [1.29, 1.82) is 0 Å². The fourth-order valence-electron chi connectivity index (χ4n) is 3.13. The molecule has 0 spiro atoms. The lowest BCUT2D eigenvalue weighted by molar-refractivity contribution is -0.116. The van der Waals surface area contributed by atoms with Crippen LogP contribution < -0.4 is 5.56 Å². The van der Waals surface area contributed by atoms with Gasteiger partial charge in [0.15, 0.2) is 0 Å². The number of Topliss-reactive ketones (excluding diaryl/α,β-unsaturated/α-hetero) is 1. The van der Waals surface area contributed by atoms with Crippen molar-refractivity contribution in [3.05, 3.63) is 82.0 Å². The first-order valence-corrected chi connectivity index (χ1v) is 8.22. The number of aromatic nitrogens is 2. The smallest absolute Gasteiger partial charge is 0.281 e. The summed E-state index contributed by atoms with van der Waals surface area (Å²) in [7, 11) is 0. The van der Waals surface area contributed by atoms with Gasteiger partial charge in [-0.1, -0.05) is 42.5 Å². The summed E-state index contributed by atoms with van der Waals surface area (Å²) in [5.41, 5.74) is 4.00. The van der Waals surface area contributed by atoms with Gasteiger partial charge in [0.2, 0.25) is 0 Å². The monoisotopic (exact) mass is 332 g/mol. The Hall–Kier alpha value is -3.01. The lowest BCUT2D eigenvalue weighted by Crippen LogP contribution is -2.20. The van der Waals surface area contributed by atoms with Crippen LogP contribution in [0.25, 0.3) is 16.8 Å². The number of carbonyl (C=O) groups excluding carboxylic acids is 1. The van der Waals surface area contributed by atoms with Crippen molar-refractivity contribution < 1.29 is 4.79 Å². The molecule has 0 aliphatic carbocycles. The van der Waals surface area contributed by atoms with E-state index in [1.165, 1.54) is 0 Å². The molecular formula is C21H20N2O2. The zero-order valence-electron chi connectivity index (χ0n) is 14.6. The van der Waals surface area contributed by atoms with E-state index in [0.29, 0.717) is 17.8 Å². The molecule has 0 unspecified atom stereocenters. The minimum Gasteiger partial charge on any atom is -0.302 e. The lowest BCUT2D eigenvalue weighted by atomic mass is 10.0. The predicted molar refractivity (Wildman–Crippen MR) is 99.1 cm³/mol. The summed E-state index contributed by atoms with van der Waals surface area (Å²) < 4.78 is 1.97. The standard InChI is InChI=1S/C21H20N2O2/c1-14(24)13-17-9-11-19(12-10-17)23-15(2)20(21(25)22-16(23)3)18-7-5-4-6-8-18/h4-12H,13H2,1-3H3. The van der Waals surface area contributed by atoms with Crippen LogP contribution in [0.5, 0.6) is 0 Å². The topological polar surface area (TPSA) is 52.0 Å². The Bertz CT molecular complexity index is 971. The predicted octanol–water partition coefficient (Wildman–Crippen LogP) is 3.65. The first-order chi connectivity index (χ1) is 12.0. The molecule has 0 saturated carbocycles. The van der Waals surface area contributed by atoms with E-state index in [1.54, 1.807) is 6.92 Å². The number of aryl methyl sites for hydroxylation is 1. The van der Waals surface area contributed by atoms with E-state index < -0.39 is 0 Å². The van der Waals surface area contributed by atoms with Crippen LogP contribution in [0.15, 0.2) is 59.4 Å². The molecule has 25 heavy (non-hydrogen) atoms. The molecule has 1 heterocycles. The summed E-state index contributed by atoms with van der Waals surface area (Å²) in [6.45, 7) is 5.34. The van der Waals surface area contributed by atoms with Gasteiger partial charge in [-0.15, -0.1) is 0 Å². The highest BCUT2D eigenvalue weighted by Crippen LogP contribution is 2.22. The van der Waals surface area contributed by atoms with E-state index in [4.69, 9.17) is 0 Å². The third kappa shape index (κ3) is 3.43. The summed E-state index contributed by atoms with van der Waals surface area (Å²) in [5, 5.41) is 0. The molecule has 0 fully saturated rings. The number of hydrogen-bond donors (Lipinski definition) is 0. The van der Waals surface area contributed by atoms with Gasteiger partial charge >= 0.3 is 0 Å². The Balaban J connectivity index is 2.14. The van der Waals surface area contributed by atoms with E-state index in [9.17, 15) is 9.59 Å². The van der Waals surface area contributed by atoms with Gasteiger partial charge < -0.3 is 4.57 Å². The zero-order valence-corrected chi connectivity index (χ0v) is 14.6. The number of rotatable bonds is 4. The molecule has 3 aromatic rings. The highest BCUT2D eigenvalue weighted by molar-refractivity contribution is 5.78. The third-order valence-corrected chi connectivity index (χ3v) is 4.21. The Kier molecular flexibility index (Phi) is 4.61. The Morgan fingerprint density at radius 2 is 1.64 bits per heavy atom. The van der Waals surface area contributed by atoms with E-state index in [-0.39, 0.29) is 11.3 Å². The van der Waals surface area contributed by atoms with Gasteiger partial charge in [-0.05, 0) is 44.0 Å². The van der Waals surface area contributed by atoms with Crippen LogP contribution >= 0.6 is 0 Å². The van der Waals surface area contributed by atoms with Gasteiger partial charge in [0.05, 0.1) is 5.56 Å². The molecule has 0 bridgehead atoms. The zero-order chi connectivity index (χ0) is 18.0. The highest BCUT2D eigenvalue weighted by Gasteiger charge is 2.14. The quantitative estimate of drug-likeness (QED) is 0.733. The van der Waals surface area contributed by atoms with Crippen LogP contribution in [-0.4, -0.2) is 15.3 Å². The Labute approximate surface area is 146 Å². The van der Waals surface area contributed by atoms with Crippen molar-refractivity contribution in [1.82, 2.24) is 9.55 Å². The molecule has 4 nitrogen and oxygen atoms in total. The van der Waals surface area contributed by atoms with Gasteiger partial charge in [-0.3, -0.25) is 9.59 Å². The van der Waals surface area contributed by atoms with Crippen LogP contribution in [0.4, 0.5) is 0 Å². The third-order valence-electron chi connectivity index (χ3n) is 4.21. The maximum Gasteiger partial charge on any atom is 0.281 e. The summed E-state index contributed by atoms with van der Waals surface area (Å²) in [4.78, 5) is 27.9. The Morgan fingerprint density at radius 3 is 2.24 bits per heavy atom. The molecule has 126 valence electrons. The second-order valence-corrected chi connectivity index (χ2v) is 6.17. The maximum absolute atomic E-state index is 12.5. The fraction of sp³-hybridized carbons (Fsp3) is 0.190. The molecule has 2 aromatic carbocycles. The van der Waals surface area contributed by atoms with E-state index in [0.717, 1.165) is 22.5 Å². The number of ketones is 1. The summed E-state index contributed by atoms with van der Waals surface area (Å²) in [5.74, 6) is 0.776. The highest BCUT2D eigenvalue weighted by atomic mass is 16.1. The number of hydrogen-bond acceptors (Lipinski definition) is 3. The first-order valence-electron chi connectivity index (χ1n) is 8.22. The lowest BCUT2D eigenvalue weighted by Gasteiger charge is -2.17. The molecule has 3 rings (SSSR count). The average Bonchev–Trinajstić information content (AvgIpc) is 2.56. The minimum absolute atomic E-state index is 0.136. The van der Waals surface area contributed by atoms with E-state index in [1.807, 2.05) is 73.0 Å². The van der Waals surface area contributed by atoms with Crippen molar-refractivity contribution in [3.8, 4) is 16.8 Å². The van der Waals surface area contributed by atoms with Crippen LogP contribution in [0, 0.1) is 13.8 Å². The molecule has 0 radical (unpaired) electrons. The molecular weight excluding hydrogens is 312 g/mol. The van der Waals surface area contributed by atoms with E-state index >= 15 is 0 Å². The molecule has 0 saturated heterocycles. The Morgan fingerprint density at radius 1 is 1.00 bits per heavy atom. The minimum atomic E-state index is -0.217. The SMILES string of the molecule is CC(=O)Cc1ccc(-n2c(C)nc(=O)c(-c3ccccc3)c2C)cc1. The van der Waals surface area contributed by atoms with Crippen molar-refractivity contribution in [2.24, 2.45) is 0 Å². The van der Waals surface area contributed by atoms with Crippen molar-refractivity contribution in [2.75, 3.05) is 0 Å². The molecule has 1 aromatic heterocycles. The van der Waals surface area contributed by atoms with Crippen molar-refractivity contribution in [3.63, 3.8) is 0 Å². The number of benzene rings is 2. The molecule has 0 N–H and O–H groups in total. The van der Waals surface area contributed by atoms with Crippen LogP contribution in [0.3, 0.4) is 0 Å². The molecule has 0 atom stereocenters. The van der Waals surface area contributed by atoms with Gasteiger partial charge in [0.25, 0.3) is 5.56 Å². The summed E-state index contributed by atoms with van der Waals surface area (Å²) in [6, 6.07) is 17.4. The first kappa shape index (κ1) is 16.8. The van der Waals surface area contributed by atoms with Gasteiger partial charge in [0, 0.05) is 17.8 Å². The summed E-state index contributed by atoms with van der Waals surface area (Å²) in [6.07, 6.45) is 0.427. The second kappa shape index (κ2) is 6.85. The average molecular weight is 332 g/mol. The summed E-state index contributed by atoms with van der Waals surface area (Å²) >= 11 is 0.